The van der Waals surface area contributed by atoms with E-state index in [9.17, 15) is 9.90 Å². The standard InChI is InChI=1S/C40H56N2O4Si/c1-37(2,3)46-36(44)42-34-26-27-39(42,35(43)25-18-28-45-47(7,8)38(4,5)6)30-41(29-34)40(31-19-12-9-13-20-31,32-21-14-10-15-22-32)33-23-16-11-17-24-33/h9-17,19-24,34-35,43H,18,25-30H2,1-8H3. The van der Waals surface area contributed by atoms with Crippen molar-refractivity contribution in [3.63, 3.8) is 0 Å². The summed E-state index contributed by atoms with van der Waals surface area (Å²) >= 11 is 0. The molecular weight excluding hydrogens is 601 g/mol. The van der Waals surface area contributed by atoms with E-state index in [2.05, 4.69) is 130 Å². The molecule has 2 fully saturated rings. The summed E-state index contributed by atoms with van der Waals surface area (Å²) in [6.07, 6.45) is 1.72. The average Bonchev–Trinajstić information content (AvgIpc) is 3.27. The Kier molecular flexibility index (Phi) is 10.2. The summed E-state index contributed by atoms with van der Waals surface area (Å²) in [5.41, 5.74) is 1.40. The fraction of sp³-hybridized carbons (Fsp3) is 0.525. The Balaban J connectivity index is 1.58. The number of amides is 1. The van der Waals surface area contributed by atoms with Crippen molar-refractivity contribution in [3.05, 3.63) is 108 Å². The van der Waals surface area contributed by atoms with Crippen molar-refractivity contribution in [2.24, 2.45) is 0 Å². The quantitative estimate of drug-likeness (QED) is 0.135. The number of hydrogen-bond donors (Lipinski definition) is 1. The molecule has 2 bridgehead atoms. The van der Waals surface area contributed by atoms with Crippen LogP contribution in [0.5, 0.6) is 0 Å². The van der Waals surface area contributed by atoms with Crippen LogP contribution in [0.4, 0.5) is 4.79 Å². The molecule has 3 unspecified atom stereocenters. The first-order valence-electron chi connectivity index (χ1n) is 17.4. The zero-order chi connectivity index (χ0) is 34.1. The van der Waals surface area contributed by atoms with Gasteiger partial charge in [0.05, 0.1) is 17.2 Å². The average molecular weight is 657 g/mol. The van der Waals surface area contributed by atoms with Crippen LogP contribution in [0, 0.1) is 0 Å². The number of rotatable bonds is 10. The molecule has 1 amide bonds. The maximum atomic E-state index is 14.1. The van der Waals surface area contributed by atoms with Gasteiger partial charge in [-0.05, 0) is 81.3 Å². The van der Waals surface area contributed by atoms with E-state index in [1.807, 2.05) is 25.7 Å². The van der Waals surface area contributed by atoms with Crippen molar-refractivity contribution in [1.82, 2.24) is 9.80 Å². The van der Waals surface area contributed by atoms with Gasteiger partial charge in [0.1, 0.15) is 5.60 Å². The largest absolute Gasteiger partial charge is 0.444 e. The van der Waals surface area contributed by atoms with E-state index >= 15 is 0 Å². The predicted octanol–water partition coefficient (Wildman–Crippen LogP) is 8.60. The van der Waals surface area contributed by atoms with Crippen molar-refractivity contribution in [1.29, 1.82) is 0 Å². The highest BCUT2D eigenvalue weighted by atomic mass is 28.4. The molecule has 3 aromatic rings. The number of likely N-dealkylation sites (tertiary alicyclic amines) is 1. The van der Waals surface area contributed by atoms with Gasteiger partial charge in [-0.1, -0.05) is 112 Å². The van der Waals surface area contributed by atoms with Gasteiger partial charge in [0.2, 0.25) is 0 Å². The van der Waals surface area contributed by atoms with Gasteiger partial charge in [0, 0.05) is 25.7 Å². The van der Waals surface area contributed by atoms with Gasteiger partial charge in [0.15, 0.2) is 8.32 Å². The summed E-state index contributed by atoms with van der Waals surface area (Å²) in [5, 5.41) is 12.5. The SMILES string of the molecule is CC(C)(C)OC(=O)N1C2CCC1(C(O)CCCO[Si](C)(C)C(C)(C)C)CN(C(c1ccccc1)(c1ccccc1)c1ccccc1)C2. The second-order valence-corrected chi connectivity index (χ2v) is 20.9. The topological polar surface area (TPSA) is 62.2 Å². The highest BCUT2D eigenvalue weighted by molar-refractivity contribution is 6.74. The molecule has 254 valence electrons. The second kappa shape index (κ2) is 13.5. The highest BCUT2D eigenvalue weighted by Crippen LogP contribution is 2.50. The van der Waals surface area contributed by atoms with E-state index in [0.717, 1.165) is 29.5 Å². The number of aliphatic hydroxyl groups is 1. The molecule has 6 nitrogen and oxygen atoms in total. The maximum Gasteiger partial charge on any atom is 0.411 e. The summed E-state index contributed by atoms with van der Waals surface area (Å²) in [7, 11) is -1.92. The van der Waals surface area contributed by atoms with E-state index in [0.29, 0.717) is 32.5 Å². The molecule has 7 heteroatoms. The van der Waals surface area contributed by atoms with Crippen molar-refractivity contribution in [3.8, 4) is 0 Å². The van der Waals surface area contributed by atoms with Gasteiger partial charge in [-0.25, -0.2) is 4.79 Å². The summed E-state index contributed by atoms with van der Waals surface area (Å²) in [4.78, 5) is 18.6. The molecule has 2 aliphatic rings. The van der Waals surface area contributed by atoms with Crippen LogP contribution in [0.3, 0.4) is 0 Å². The third-order valence-electron chi connectivity index (χ3n) is 10.8. The van der Waals surface area contributed by atoms with Crippen LogP contribution in [0.1, 0.15) is 83.9 Å². The van der Waals surface area contributed by atoms with Crippen LogP contribution in [0.2, 0.25) is 18.1 Å². The Morgan fingerprint density at radius 1 is 0.872 bits per heavy atom. The fourth-order valence-electron chi connectivity index (χ4n) is 7.51. The normalized spacial score (nSPS) is 21.5. The molecule has 2 aliphatic heterocycles. The lowest BCUT2D eigenvalue weighted by Gasteiger charge is -2.56. The van der Waals surface area contributed by atoms with Gasteiger partial charge in [0.25, 0.3) is 0 Å². The summed E-state index contributed by atoms with van der Waals surface area (Å²) in [6, 6.07) is 32.0. The van der Waals surface area contributed by atoms with E-state index in [1.165, 1.54) is 0 Å². The monoisotopic (exact) mass is 656 g/mol. The van der Waals surface area contributed by atoms with Crippen LogP contribution < -0.4 is 0 Å². The minimum Gasteiger partial charge on any atom is -0.444 e. The van der Waals surface area contributed by atoms with Crippen molar-refractivity contribution >= 4 is 14.4 Å². The van der Waals surface area contributed by atoms with Gasteiger partial charge in [-0.3, -0.25) is 9.80 Å². The Labute approximate surface area is 284 Å². The first kappa shape index (κ1) is 35.3. The molecule has 0 spiro atoms. The smallest absolute Gasteiger partial charge is 0.411 e. The van der Waals surface area contributed by atoms with Gasteiger partial charge in [-0.15, -0.1) is 0 Å². The summed E-state index contributed by atoms with van der Waals surface area (Å²) in [5.74, 6) is 0. The Morgan fingerprint density at radius 3 is 1.81 bits per heavy atom. The second-order valence-electron chi connectivity index (χ2n) is 16.1. The molecule has 2 heterocycles. The number of carbonyl (C=O) groups is 1. The van der Waals surface area contributed by atoms with E-state index in [-0.39, 0.29) is 17.2 Å². The van der Waals surface area contributed by atoms with Crippen LogP contribution in [-0.2, 0) is 14.7 Å². The van der Waals surface area contributed by atoms with Crippen LogP contribution in [0.25, 0.3) is 0 Å². The molecule has 0 saturated carbocycles. The molecule has 1 N–H and O–H groups in total. The molecule has 47 heavy (non-hydrogen) atoms. The van der Waals surface area contributed by atoms with E-state index < -0.39 is 31.1 Å². The van der Waals surface area contributed by atoms with Gasteiger partial charge in [-0.2, -0.15) is 0 Å². The number of benzene rings is 3. The zero-order valence-corrected chi connectivity index (χ0v) is 30.8. The number of ether oxygens (including phenoxy) is 1. The van der Waals surface area contributed by atoms with Crippen molar-refractivity contribution < 1.29 is 19.1 Å². The Morgan fingerprint density at radius 2 is 1.36 bits per heavy atom. The lowest BCUT2D eigenvalue weighted by atomic mass is 9.73. The van der Waals surface area contributed by atoms with Crippen molar-refractivity contribution in [2.45, 2.75) is 114 Å². The predicted molar refractivity (Wildman–Crippen MR) is 193 cm³/mol. The third kappa shape index (κ3) is 6.96. The zero-order valence-electron chi connectivity index (χ0n) is 29.8. The van der Waals surface area contributed by atoms with Crippen LogP contribution in [-0.4, -0.2) is 72.3 Å². The van der Waals surface area contributed by atoms with Gasteiger partial charge < -0.3 is 14.3 Å². The molecular formula is C40H56N2O4Si. The first-order valence-corrected chi connectivity index (χ1v) is 20.3. The lowest BCUT2D eigenvalue weighted by molar-refractivity contribution is -0.0952. The Bertz CT molecular complexity index is 1370. The van der Waals surface area contributed by atoms with E-state index in [1.54, 1.807) is 0 Å². The summed E-state index contributed by atoms with van der Waals surface area (Å²) < 4.78 is 12.6. The number of fused-ring (bicyclic) bond motifs is 2. The molecule has 5 rings (SSSR count). The van der Waals surface area contributed by atoms with Crippen LogP contribution in [0.15, 0.2) is 91.0 Å². The Hall–Kier alpha value is -2.97. The van der Waals surface area contributed by atoms with Crippen molar-refractivity contribution in [2.75, 3.05) is 19.7 Å². The lowest BCUT2D eigenvalue weighted by Crippen LogP contribution is -2.71. The minimum atomic E-state index is -1.92. The fourth-order valence-corrected chi connectivity index (χ4v) is 8.60. The number of carbonyl (C=O) groups excluding carboxylic acids is 1. The van der Waals surface area contributed by atoms with Gasteiger partial charge >= 0.3 is 6.09 Å². The highest BCUT2D eigenvalue weighted by Gasteiger charge is 2.61. The minimum absolute atomic E-state index is 0.104. The first-order chi connectivity index (χ1) is 22.1. The molecule has 3 aromatic carbocycles. The number of piperazine rings is 1. The number of hydrogen-bond acceptors (Lipinski definition) is 5. The maximum absolute atomic E-state index is 14.1. The molecule has 0 aromatic heterocycles. The third-order valence-corrected chi connectivity index (χ3v) is 15.3. The molecule has 0 radical (unpaired) electrons. The summed E-state index contributed by atoms with van der Waals surface area (Å²) in [6.45, 7) is 18.8. The van der Waals surface area contributed by atoms with Crippen LogP contribution >= 0.6 is 0 Å². The van der Waals surface area contributed by atoms with E-state index in [4.69, 9.17) is 9.16 Å². The molecule has 3 atom stereocenters. The molecule has 0 aliphatic carbocycles. The number of aliphatic hydroxyl groups excluding tert-OH is 1. The molecule has 2 saturated heterocycles. The number of nitrogens with zero attached hydrogens (tertiary/aromatic N) is 2.